The molecule has 0 saturated heterocycles. The molecule has 0 bridgehead atoms. The maximum atomic E-state index is 12.9. The smallest absolute Gasteiger partial charge is 0.419 e. The Bertz CT molecular complexity index is 602. The third kappa shape index (κ3) is 4.08. The fourth-order valence-corrected chi connectivity index (χ4v) is 1.62. The molecule has 0 atom stereocenters. The summed E-state index contributed by atoms with van der Waals surface area (Å²) in [6.45, 7) is 2.65. The van der Waals surface area contributed by atoms with Crippen molar-refractivity contribution < 1.29 is 17.9 Å². The van der Waals surface area contributed by atoms with Crippen molar-refractivity contribution in [1.82, 2.24) is 9.97 Å². The highest BCUT2D eigenvalue weighted by Crippen LogP contribution is 2.37. The molecule has 1 aromatic carbocycles. The third-order valence-electron chi connectivity index (χ3n) is 2.57. The molecule has 1 aromatic heterocycles. The molecule has 0 aliphatic rings. The SMILES string of the molecule is CCCNc1nccc(Oc2ccccc2C(F)(F)F)n1. The lowest BCUT2D eigenvalue weighted by atomic mass is 10.2. The fraction of sp³-hybridized carbons (Fsp3) is 0.286. The summed E-state index contributed by atoms with van der Waals surface area (Å²) in [4.78, 5) is 7.98. The maximum Gasteiger partial charge on any atom is 0.419 e. The molecule has 1 heterocycles. The van der Waals surface area contributed by atoms with Gasteiger partial charge in [-0.15, -0.1) is 0 Å². The van der Waals surface area contributed by atoms with Crippen LogP contribution in [0.5, 0.6) is 11.6 Å². The lowest BCUT2D eigenvalue weighted by molar-refractivity contribution is -0.138. The number of anilines is 1. The number of aromatic nitrogens is 2. The molecular weight excluding hydrogens is 283 g/mol. The van der Waals surface area contributed by atoms with Crippen molar-refractivity contribution in [2.45, 2.75) is 19.5 Å². The van der Waals surface area contributed by atoms with Gasteiger partial charge in [0.2, 0.25) is 11.8 Å². The van der Waals surface area contributed by atoms with Crippen molar-refractivity contribution in [2.75, 3.05) is 11.9 Å². The summed E-state index contributed by atoms with van der Waals surface area (Å²) >= 11 is 0. The predicted octanol–water partition coefficient (Wildman–Crippen LogP) is 4.11. The summed E-state index contributed by atoms with van der Waals surface area (Å²) in [5.41, 5.74) is -0.841. The number of alkyl halides is 3. The van der Waals surface area contributed by atoms with Crippen molar-refractivity contribution >= 4 is 5.95 Å². The van der Waals surface area contributed by atoms with Crippen LogP contribution in [0, 0.1) is 0 Å². The van der Waals surface area contributed by atoms with Crippen LogP contribution in [0.4, 0.5) is 19.1 Å². The average molecular weight is 297 g/mol. The second kappa shape index (κ2) is 6.43. The van der Waals surface area contributed by atoms with Crippen LogP contribution in [0.2, 0.25) is 0 Å². The van der Waals surface area contributed by atoms with Gasteiger partial charge in [0.25, 0.3) is 0 Å². The van der Waals surface area contributed by atoms with E-state index >= 15 is 0 Å². The topological polar surface area (TPSA) is 47.0 Å². The van der Waals surface area contributed by atoms with Crippen molar-refractivity contribution in [2.24, 2.45) is 0 Å². The molecule has 0 radical (unpaired) electrons. The Kier molecular flexibility index (Phi) is 4.62. The normalized spacial score (nSPS) is 11.2. The highest BCUT2D eigenvalue weighted by atomic mass is 19.4. The number of rotatable bonds is 5. The number of ether oxygens (including phenoxy) is 1. The summed E-state index contributed by atoms with van der Waals surface area (Å²) in [6.07, 6.45) is -2.17. The zero-order chi connectivity index (χ0) is 15.3. The number of para-hydroxylation sites is 1. The van der Waals surface area contributed by atoms with Crippen LogP contribution in [0.15, 0.2) is 36.5 Å². The summed E-state index contributed by atoms with van der Waals surface area (Å²) in [6, 6.07) is 6.41. The van der Waals surface area contributed by atoms with Crippen LogP contribution in [0.3, 0.4) is 0 Å². The van der Waals surface area contributed by atoms with Gasteiger partial charge in [0.15, 0.2) is 0 Å². The molecule has 0 amide bonds. The molecule has 112 valence electrons. The Morgan fingerprint density at radius 1 is 1.19 bits per heavy atom. The molecule has 2 aromatic rings. The van der Waals surface area contributed by atoms with Gasteiger partial charge in [0.05, 0.1) is 5.56 Å². The molecule has 0 unspecified atom stereocenters. The van der Waals surface area contributed by atoms with Crippen LogP contribution in [0.1, 0.15) is 18.9 Å². The van der Waals surface area contributed by atoms with E-state index in [1.165, 1.54) is 30.5 Å². The second-order valence-corrected chi connectivity index (χ2v) is 4.24. The Hall–Kier alpha value is -2.31. The molecule has 0 aliphatic carbocycles. The van der Waals surface area contributed by atoms with Gasteiger partial charge in [-0.25, -0.2) is 4.98 Å². The van der Waals surface area contributed by atoms with Gasteiger partial charge < -0.3 is 10.1 Å². The second-order valence-electron chi connectivity index (χ2n) is 4.24. The standard InChI is InChI=1S/C14H14F3N3O/c1-2-8-18-13-19-9-7-12(20-13)21-11-6-4-3-5-10(11)14(15,16)17/h3-7,9H,2,8H2,1H3,(H,18,19,20). The lowest BCUT2D eigenvalue weighted by Gasteiger charge is -2.13. The molecule has 2 rings (SSSR count). The number of nitrogens with zero attached hydrogens (tertiary/aromatic N) is 2. The van der Waals surface area contributed by atoms with E-state index < -0.39 is 11.7 Å². The van der Waals surface area contributed by atoms with E-state index in [0.29, 0.717) is 12.5 Å². The minimum atomic E-state index is -4.48. The summed E-state index contributed by atoms with van der Waals surface area (Å²) < 4.78 is 43.9. The van der Waals surface area contributed by atoms with Gasteiger partial charge in [-0.1, -0.05) is 19.1 Å². The van der Waals surface area contributed by atoms with Crippen molar-refractivity contribution in [3.8, 4) is 11.6 Å². The Morgan fingerprint density at radius 2 is 1.95 bits per heavy atom. The maximum absolute atomic E-state index is 12.9. The largest absolute Gasteiger partial charge is 0.438 e. The van der Waals surface area contributed by atoms with E-state index in [-0.39, 0.29) is 11.6 Å². The molecule has 7 heteroatoms. The van der Waals surface area contributed by atoms with Crippen molar-refractivity contribution in [1.29, 1.82) is 0 Å². The summed E-state index contributed by atoms with van der Waals surface area (Å²) in [5, 5.41) is 2.94. The van der Waals surface area contributed by atoms with Gasteiger partial charge in [-0.3, -0.25) is 0 Å². The van der Waals surface area contributed by atoms with E-state index in [1.54, 1.807) is 0 Å². The number of halogens is 3. The van der Waals surface area contributed by atoms with Crippen LogP contribution < -0.4 is 10.1 Å². The lowest BCUT2D eigenvalue weighted by Crippen LogP contribution is -2.08. The Balaban J connectivity index is 2.23. The number of benzene rings is 1. The zero-order valence-electron chi connectivity index (χ0n) is 11.3. The first-order valence-electron chi connectivity index (χ1n) is 6.41. The van der Waals surface area contributed by atoms with Crippen LogP contribution in [0.25, 0.3) is 0 Å². The van der Waals surface area contributed by atoms with Gasteiger partial charge in [0, 0.05) is 18.8 Å². The molecule has 21 heavy (non-hydrogen) atoms. The van der Waals surface area contributed by atoms with E-state index in [0.717, 1.165) is 12.5 Å². The van der Waals surface area contributed by atoms with Gasteiger partial charge >= 0.3 is 6.18 Å². The van der Waals surface area contributed by atoms with Crippen molar-refractivity contribution in [3.05, 3.63) is 42.1 Å². The van der Waals surface area contributed by atoms with E-state index in [1.807, 2.05) is 6.92 Å². The highest BCUT2D eigenvalue weighted by Gasteiger charge is 2.34. The molecule has 0 fully saturated rings. The minimum absolute atomic E-state index is 0.0558. The van der Waals surface area contributed by atoms with Crippen LogP contribution in [-0.2, 0) is 6.18 Å². The predicted molar refractivity (Wildman–Crippen MR) is 72.3 cm³/mol. The van der Waals surface area contributed by atoms with E-state index in [2.05, 4.69) is 15.3 Å². The highest BCUT2D eigenvalue weighted by molar-refractivity contribution is 5.38. The molecular formula is C14H14F3N3O. The van der Waals surface area contributed by atoms with Crippen LogP contribution >= 0.6 is 0 Å². The summed E-state index contributed by atoms with van der Waals surface area (Å²) in [5.74, 6) is 0.0873. The van der Waals surface area contributed by atoms with Gasteiger partial charge in [-0.2, -0.15) is 18.2 Å². The van der Waals surface area contributed by atoms with E-state index in [4.69, 9.17) is 4.74 Å². The van der Waals surface area contributed by atoms with Crippen LogP contribution in [-0.4, -0.2) is 16.5 Å². The van der Waals surface area contributed by atoms with Gasteiger partial charge in [-0.05, 0) is 18.6 Å². The fourth-order valence-electron chi connectivity index (χ4n) is 1.62. The molecule has 0 spiro atoms. The first kappa shape index (κ1) is 15.1. The molecule has 0 saturated carbocycles. The monoisotopic (exact) mass is 297 g/mol. The minimum Gasteiger partial charge on any atom is -0.438 e. The van der Waals surface area contributed by atoms with Crippen molar-refractivity contribution in [3.63, 3.8) is 0 Å². The Labute approximate surface area is 120 Å². The zero-order valence-corrected chi connectivity index (χ0v) is 11.3. The quantitative estimate of drug-likeness (QED) is 0.902. The third-order valence-corrected chi connectivity index (χ3v) is 2.57. The molecule has 1 N–H and O–H groups in total. The summed E-state index contributed by atoms with van der Waals surface area (Å²) in [7, 11) is 0. The average Bonchev–Trinajstić information content (AvgIpc) is 2.45. The first-order valence-corrected chi connectivity index (χ1v) is 6.41. The molecule has 4 nitrogen and oxygen atoms in total. The number of nitrogens with one attached hydrogen (secondary N) is 1. The first-order chi connectivity index (χ1) is 10.0. The van der Waals surface area contributed by atoms with Gasteiger partial charge in [0.1, 0.15) is 5.75 Å². The van der Waals surface area contributed by atoms with E-state index in [9.17, 15) is 13.2 Å². The number of hydrogen-bond acceptors (Lipinski definition) is 4. The number of hydrogen-bond donors (Lipinski definition) is 1. The Morgan fingerprint density at radius 3 is 2.67 bits per heavy atom. The molecule has 0 aliphatic heterocycles.